The molecule has 1 aliphatic heterocycles. The van der Waals surface area contributed by atoms with E-state index in [9.17, 15) is 0 Å². The van der Waals surface area contributed by atoms with Crippen LogP contribution in [0.5, 0.6) is 0 Å². The van der Waals surface area contributed by atoms with Gasteiger partial charge in [-0.25, -0.2) is 4.89 Å². The maximum Gasteiger partial charge on any atom is 0.205 e. The Kier molecular flexibility index (Phi) is 3.72. The lowest BCUT2D eigenvalue weighted by molar-refractivity contribution is -0.556. The summed E-state index contributed by atoms with van der Waals surface area (Å²) in [5, 5.41) is 0. The fraction of sp³-hybridized carbons (Fsp3) is 0.462. The van der Waals surface area contributed by atoms with Crippen molar-refractivity contribution in [3.63, 3.8) is 0 Å². The Morgan fingerprint density at radius 1 is 0.897 bits per heavy atom. The second kappa shape index (κ2) is 6.04. The lowest BCUT2D eigenvalue weighted by atomic mass is 9.46. The molecule has 2 aromatic carbocycles. The van der Waals surface area contributed by atoms with E-state index in [2.05, 4.69) is 74.5 Å². The molecule has 1 saturated heterocycles. The Morgan fingerprint density at radius 2 is 1.62 bits per heavy atom. The minimum atomic E-state index is -0.623. The Morgan fingerprint density at radius 3 is 2.31 bits per heavy atom. The molecule has 0 radical (unpaired) electrons. The first-order valence-corrected chi connectivity index (χ1v) is 10.9. The molecule has 0 aromatic heterocycles. The van der Waals surface area contributed by atoms with E-state index < -0.39 is 11.4 Å². The van der Waals surface area contributed by atoms with Gasteiger partial charge in [0.05, 0.1) is 0 Å². The fourth-order valence-electron chi connectivity index (χ4n) is 6.27. The molecule has 150 valence electrons. The molecule has 29 heavy (non-hydrogen) atoms. The minimum Gasteiger partial charge on any atom is -0.336 e. The van der Waals surface area contributed by atoms with Crippen LogP contribution in [-0.2, 0) is 20.1 Å². The van der Waals surface area contributed by atoms with E-state index in [4.69, 9.17) is 14.5 Å². The van der Waals surface area contributed by atoms with Gasteiger partial charge in [-0.3, -0.25) is 0 Å². The van der Waals surface area contributed by atoms with Gasteiger partial charge in [-0.2, -0.15) is 4.89 Å². The Hall–Kier alpha value is -1.94. The summed E-state index contributed by atoms with van der Waals surface area (Å²) in [4.78, 5) is 12.7. The van der Waals surface area contributed by atoms with Crippen LogP contribution < -0.4 is 0 Å². The summed E-state index contributed by atoms with van der Waals surface area (Å²) in [6.45, 7) is 4.72. The maximum atomic E-state index is 6.91. The fourth-order valence-corrected chi connectivity index (χ4v) is 6.27. The lowest BCUT2D eigenvalue weighted by Crippen LogP contribution is -2.67. The molecule has 0 N–H and O–H groups in total. The van der Waals surface area contributed by atoms with Crippen molar-refractivity contribution >= 4 is 5.57 Å². The van der Waals surface area contributed by atoms with Crippen LogP contribution in [0.1, 0.15) is 50.7 Å². The summed E-state index contributed by atoms with van der Waals surface area (Å²) < 4.78 is 6.91. The number of ether oxygens (including phenoxy) is 1. The molecule has 1 heterocycles. The van der Waals surface area contributed by atoms with E-state index in [0.717, 1.165) is 30.7 Å². The van der Waals surface area contributed by atoms with Gasteiger partial charge in [0.1, 0.15) is 6.10 Å². The molecule has 3 nitrogen and oxygen atoms in total. The Labute approximate surface area is 172 Å². The van der Waals surface area contributed by atoms with Gasteiger partial charge in [0.2, 0.25) is 5.79 Å². The van der Waals surface area contributed by atoms with Crippen LogP contribution in [0.25, 0.3) is 5.57 Å². The topological polar surface area (TPSA) is 27.7 Å². The molecule has 4 fully saturated rings. The van der Waals surface area contributed by atoms with Crippen molar-refractivity contribution in [3.05, 3.63) is 77.9 Å². The zero-order chi connectivity index (χ0) is 19.7. The van der Waals surface area contributed by atoms with Gasteiger partial charge in [0, 0.05) is 18.8 Å². The maximum absolute atomic E-state index is 6.91. The normalized spacial score (nSPS) is 39.5. The van der Waals surface area contributed by atoms with Gasteiger partial charge < -0.3 is 4.74 Å². The van der Waals surface area contributed by atoms with Crippen LogP contribution >= 0.6 is 0 Å². The van der Waals surface area contributed by atoms with Crippen LogP contribution in [0.2, 0.25) is 0 Å². The standard InChI is InChI=1S/C26H28O3/c1-24(2)21-13-14-26(22(24)16-21)27-23-15-19(18-9-5-3-6-10-18)17-25(23,28-29-26)20-11-7-4-8-12-20/h3-12,15,21-23H,13-14,16-17H2,1-2H3/t21-,22+,23-,25-,26-/m0/s1. The van der Waals surface area contributed by atoms with Gasteiger partial charge in [-0.05, 0) is 47.0 Å². The molecule has 0 unspecified atom stereocenters. The zero-order valence-electron chi connectivity index (χ0n) is 17.1. The quantitative estimate of drug-likeness (QED) is 0.602. The molecular weight excluding hydrogens is 360 g/mol. The van der Waals surface area contributed by atoms with Gasteiger partial charge in [-0.1, -0.05) is 74.5 Å². The third-order valence-corrected chi connectivity index (χ3v) is 8.17. The van der Waals surface area contributed by atoms with Crippen molar-refractivity contribution in [1.82, 2.24) is 0 Å². The zero-order valence-corrected chi connectivity index (χ0v) is 17.1. The van der Waals surface area contributed by atoms with Crippen LogP contribution in [-0.4, -0.2) is 11.9 Å². The molecule has 2 bridgehead atoms. The number of rotatable bonds is 2. The summed E-state index contributed by atoms with van der Waals surface area (Å²) in [5.41, 5.74) is 3.23. The number of hydrogen-bond acceptors (Lipinski definition) is 3. The molecule has 2 aromatic rings. The van der Waals surface area contributed by atoms with Crippen molar-refractivity contribution in [1.29, 1.82) is 0 Å². The average molecular weight is 389 g/mol. The molecule has 0 amide bonds. The smallest absolute Gasteiger partial charge is 0.205 e. The largest absolute Gasteiger partial charge is 0.336 e. The highest BCUT2D eigenvalue weighted by Crippen LogP contribution is 2.66. The highest BCUT2D eigenvalue weighted by atomic mass is 17.3. The molecule has 3 heteroatoms. The molecular formula is C26H28O3. The van der Waals surface area contributed by atoms with Crippen LogP contribution in [0.15, 0.2) is 66.7 Å². The van der Waals surface area contributed by atoms with Crippen LogP contribution in [0.4, 0.5) is 0 Å². The third-order valence-electron chi connectivity index (χ3n) is 8.17. The van der Waals surface area contributed by atoms with Gasteiger partial charge >= 0.3 is 0 Å². The average Bonchev–Trinajstić information content (AvgIpc) is 3.14. The molecule has 3 saturated carbocycles. The predicted molar refractivity (Wildman–Crippen MR) is 112 cm³/mol. The number of benzene rings is 2. The van der Waals surface area contributed by atoms with Crippen LogP contribution in [0, 0.1) is 17.3 Å². The first kappa shape index (κ1) is 17.9. The first-order chi connectivity index (χ1) is 14.0. The van der Waals surface area contributed by atoms with Crippen LogP contribution in [0.3, 0.4) is 0 Å². The summed E-state index contributed by atoms with van der Waals surface area (Å²) in [6, 6.07) is 21.0. The molecule has 5 atom stereocenters. The second-order valence-corrected chi connectivity index (χ2v) is 9.85. The Balaban J connectivity index is 1.41. The van der Waals surface area contributed by atoms with E-state index in [0.29, 0.717) is 5.92 Å². The van der Waals surface area contributed by atoms with E-state index in [1.165, 1.54) is 17.6 Å². The third kappa shape index (κ3) is 2.41. The van der Waals surface area contributed by atoms with Gasteiger partial charge in [-0.15, -0.1) is 0 Å². The van der Waals surface area contributed by atoms with Crippen molar-refractivity contribution in [2.75, 3.05) is 0 Å². The predicted octanol–water partition coefficient (Wildman–Crippen LogP) is 5.87. The second-order valence-electron chi connectivity index (χ2n) is 9.85. The highest BCUT2D eigenvalue weighted by Gasteiger charge is 2.68. The number of fused-ring (bicyclic) bond motifs is 2. The van der Waals surface area contributed by atoms with Crippen molar-refractivity contribution in [2.24, 2.45) is 17.3 Å². The molecule has 5 aliphatic rings. The summed E-state index contributed by atoms with van der Waals surface area (Å²) in [6.07, 6.45) is 6.12. The monoisotopic (exact) mass is 388 g/mol. The lowest BCUT2D eigenvalue weighted by Gasteiger charge is -2.65. The van der Waals surface area contributed by atoms with Crippen molar-refractivity contribution in [3.8, 4) is 0 Å². The summed E-state index contributed by atoms with van der Waals surface area (Å²) >= 11 is 0. The van der Waals surface area contributed by atoms with E-state index >= 15 is 0 Å². The van der Waals surface area contributed by atoms with Crippen molar-refractivity contribution < 1.29 is 14.5 Å². The first-order valence-electron chi connectivity index (χ1n) is 10.9. The SMILES string of the molecule is CC1(C)[C@H]2CC[C@]3(OO[C@]4(c5ccccc5)CC(c5ccccc5)=C[C@@H]4O3)[C@@H]1C2. The summed E-state index contributed by atoms with van der Waals surface area (Å²) in [5.74, 6) is 0.547. The van der Waals surface area contributed by atoms with Crippen molar-refractivity contribution in [2.45, 2.75) is 57.0 Å². The van der Waals surface area contributed by atoms with E-state index in [1.54, 1.807) is 0 Å². The van der Waals surface area contributed by atoms with Gasteiger partial charge in [0.15, 0.2) is 5.60 Å². The highest BCUT2D eigenvalue weighted by molar-refractivity contribution is 5.70. The van der Waals surface area contributed by atoms with E-state index in [-0.39, 0.29) is 11.5 Å². The van der Waals surface area contributed by atoms with Gasteiger partial charge in [0.25, 0.3) is 0 Å². The van der Waals surface area contributed by atoms with E-state index in [1.807, 2.05) is 6.07 Å². The summed E-state index contributed by atoms with van der Waals surface area (Å²) in [7, 11) is 0. The minimum absolute atomic E-state index is 0.151. The number of hydrogen-bond donors (Lipinski definition) is 0. The molecule has 1 spiro atoms. The Bertz CT molecular complexity index is 948. The molecule has 7 rings (SSSR count). The molecule has 4 aliphatic carbocycles.